The molecule has 0 fully saturated rings. The van der Waals surface area contributed by atoms with Gasteiger partial charge in [-0.3, -0.25) is 9.98 Å². The van der Waals surface area contributed by atoms with Gasteiger partial charge in [0.2, 0.25) is 0 Å². The second kappa shape index (κ2) is 7.14. The third-order valence-electron chi connectivity index (χ3n) is 3.32. The van der Waals surface area contributed by atoms with Gasteiger partial charge in [-0.2, -0.15) is 0 Å². The lowest BCUT2D eigenvalue weighted by atomic mass is 10.1. The maximum Gasteiger partial charge on any atom is 0.0848 e. The van der Waals surface area contributed by atoms with Crippen molar-refractivity contribution in [1.82, 2.24) is 4.98 Å². The summed E-state index contributed by atoms with van der Waals surface area (Å²) in [6, 6.07) is 12.2. The Morgan fingerprint density at radius 3 is 2.73 bits per heavy atom. The number of allylic oxidation sites excluding steroid dienone is 3. The Bertz CT molecular complexity index is 768. The minimum Gasteiger partial charge on any atom is -0.259 e. The van der Waals surface area contributed by atoms with E-state index >= 15 is 0 Å². The molecule has 1 aromatic heterocycles. The lowest BCUT2D eigenvalue weighted by Crippen LogP contribution is -2.01. The number of halogens is 1. The van der Waals surface area contributed by atoms with Crippen molar-refractivity contribution in [2.75, 3.05) is 0 Å². The highest BCUT2D eigenvalue weighted by Gasteiger charge is 2.03. The van der Waals surface area contributed by atoms with E-state index in [1.54, 1.807) is 6.20 Å². The summed E-state index contributed by atoms with van der Waals surface area (Å²) in [6.45, 7) is 0. The van der Waals surface area contributed by atoms with E-state index in [-0.39, 0.29) is 0 Å². The molecule has 108 valence electrons. The van der Waals surface area contributed by atoms with Gasteiger partial charge in [-0.1, -0.05) is 64.5 Å². The van der Waals surface area contributed by atoms with Crippen LogP contribution in [0, 0.1) is 0 Å². The van der Waals surface area contributed by atoms with E-state index in [4.69, 9.17) is 0 Å². The first-order valence-electron chi connectivity index (χ1n) is 7.10. The molecule has 1 aliphatic heterocycles. The Hall–Kier alpha value is -2.26. The summed E-state index contributed by atoms with van der Waals surface area (Å²) < 4.78 is 1.09. The van der Waals surface area contributed by atoms with Crippen LogP contribution in [0.25, 0.3) is 12.2 Å². The summed E-state index contributed by atoms with van der Waals surface area (Å²) in [5, 5.41) is 0. The van der Waals surface area contributed by atoms with Crippen molar-refractivity contribution in [2.24, 2.45) is 4.99 Å². The van der Waals surface area contributed by atoms with E-state index in [1.165, 1.54) is 0 Å². The first-order chi connectivity index (χ1) is 10.8. The van der Waals surface area contributed by atoms with Gasteiger partial charge in [-0.15, -0.1) is 0 Å². The summed E-state index contributed by atoms with van der Waals surface area (Å²) in [7, 11) is 0. The highest BCUT2D eigenvalue weighted by atomic mass is 79.9. The van der Waals surface area contributed by atoms with Crippen LogP contribution in [0.3, 0.4) is 0 Å². The number of benzene rings is 1. The largest absolute Gasteiger partial charge is 0.259 e. The van der Waals surface area contributed by atoms with Crippen LogP contribution in [0.2, 0.25) is 0 Å². The van der Waals surface area contributed by atoms with Crippen molar-refractivity contribution < 1.29 is 0 Å². The minimum atomic E-state index is 0.812. The Kier molecular flexibility index (Phi) is 4.76. The molecule has 0 N–H and O–H groups in total. The van der Waals surface area contributed by atoms with Gasteiger partial charge >= 0.3 is 0 Å². The molecule has 0 aliphatic carbocycles. The van der Waals surface area contributed by atoms with Crippen LogP contribution in [0.15, 0.2) is 76.5 Å². The number of pyridine rings is 1. The smallest absolute Gasteiger partial charge is 0.0848 e. The van der Waals surface area contributed by atoms with Gasteiger partial charge in [0.15, 0.2) is 0 Å². The molecule has 3 rings (SSSR count). The first kappa shape index (κ1) is 14.7. The quantitative estimate of drug-likeness (QED) is 0.739. The normalized spacial score (nSPS) is 14.1. The van der Waals surface area contributed by atoms with Gasteiger partial charge in [-0.25, -0.2) is 0 Å². The summed E-state index contributed by atoms with van der Waals surface area (Å²) in [5.74, 6) is 0. The molecule has 2 heterocycles. The number of hydrogen-bond donors (Lipinski definition) is 0. The molecule has 1 aromatic carbocycles. The van der Waals surface area contributed by atoms with Crippen molar-refractivity contribution in [1.29, 1.82) is 0 Å². The van der Waals surface area contributed by atoms with E-state index in [1.807, 2.05) is 42.6 Å². The van der Waals surface area contributed by atoms with Gasteiger partial charge in [0, 0.05) is 23.3 Å². The SMILES string of the molecule is Brc1ccccc1/C=C\c1ccc(C2=NC=CC=CC2)nc1. The van der Waals surface area contributed by atoms with Crippen LogP contribution < -0.4 is 0 Å². The standard InChI is InChI=1S/C19H15BrN2/c20-17-7-4-3-6-16(17)11-9-15-10-12-19(22-14-15)18-8-2-1-5-13-21-18/h1-7,9-14H,8H2/b11-9-. The Morgan fingerprint density at radius 2 is 1.91 bits per heavy atom. The fraction of sp³-hybridized carbons (Fsp3) is 0.0526. The Labute approximate surface area is 138 Å². The number of hydrogen-bond acceptors (Lipinski definition) is 2. The molecule has 0 unspecified atom stereocenters. The summed E-state index contributed by atoms with van der Waals surface area (Å²) in [4.78, 5) is 8.93. The molecule has 0 amide bonds. The molecule has 1 aliphatic rings. The average molecular weight is 351 g/mol. The highest BCUT2D eigenvalue weighted by Crippen LogP contribution is 2.18. The van der Waals surface area contributed by atoms with E-state index in [0.29, 0.717) is 0 Å². The van der Waals surface area contributed by atoms with Crippen LogP contribution in [-0.2, 0) is 0 Å². The third-order valence-corrected chi connectivity index (χ3v) is 4.04. The van der Waals surface area contributed by atoms with Gasteiger partial charge in [0.1, 0.15) is 0 Å². The molecular weight excluding hydrogens is 336 g/mol. The van der Waals surface area contributed by atoms with Crippen LogP contribution in [0.1, 0.15) is 23.2 Å². The zero-order chi connectivity index (χ0) is 15.2. The molecule has 2 aromatic rings. The van der Waals surface area contributed by atoms with E-state index in [9.17, 15) is 0 Å². The fourth-order valence-corrected chi connectivity index (χ4v) is 2.55. The van der Waals surface area contributed by atoms with Gasteiger partial charge < -0.3 is 0 Å². The van der Waals surface area contributed by atoms with E-state index in [2.05, 4.69) is 56.3 Å². The van der Waals surface area contributed by atoms with Crippen molar-refractivity contribution in [2.45, 2.75) is 6.42 Å². The third kappa shape index (κ3) is 3.68. The highest BCUT2D eigenvalue weighted by molar-refractivity contribution is 9.10. The molecular formula is C19H15BrN2. The van der Waals surface area contributed by atoms with Crippen LogP contribution in [-0.4, -0.2) is 10.7 Å². The van der Waals surface area contributed by atoms with Crippen molar-refractivity contribution >= 4 is 33.8 Å². The number of aromatic nitrogens is 1. The van der Waals surface area contributed by atoms with Crippen LogP contribution in [0.5, 0.6) is 0 Å². The lowest BCUT2D eigenvalue weighted by molar-refractivity contribution is 1.25. The molecule has 0 bridgehead atoms. The maximum atomic E-state index is 4.52. The van der Waals surface area contributed by atoms with Gasteiger partial charge in [0.05, 0.1) is 11.4 Å². The van der Waals surface area contributed by atoms with Gasteiger partial charge in [-0.05, 0) is 29.3 Å². The number of nitrogens with zero attached hydrogens (tertiary/aromatic N) is 2. The predicted molar refractivity (Wildman–Crippen MR) is 96.7 cm³/mol. The molecule has 3 heteroatoms. The Morgan fingerprint density at radius 1 is 1.00 bits per heavy atom. The number of aliphatic imine (C=N–C) groups is 1. The molecule has 0 spiro atoms. The van der Waals surface area contributed by atoms with Crippen LogP contribution in [0.4, 0.5) is 0 Å². The average Bonchev–Trinajstić information content (AvgIpc) is 2.84. The topological polar surface area (TPSA) is 25.2 Å². The monoisotopic (exact) mass is 350 g/mol. The first-order valence-corrected chi connectivity index (χ1v) is 7.89. The summed E-state index contributed by atoms with van der Waals surface area (Å²) >= 11 is 3.55. The second-order valence-electron chi connectivity index (χ2n) is 4.88. The molecule has 0 radical (unpaired) electrons. The summed E-state index contributed by atoms with van der Waals surface area (Å²) in [5.41, 5.74) is 4.13. The molecule has 22 heavy (non-hydrogen) atoms. The maximum absolute atomic E-state index is 4.52. The van der Waals surface area contributed by atoms with E-state index in [0.717, 1.165) is 33.4 Å². The Balaban J connectivity index is 1.77. The summed E-state index contributed by atoms with van der Waals surface area (Å²) in [6.07, 6.45) is 14.7. The zero-order valence-corrected chi connectivity index (χ0v) is 13.6. The van der Waals surface area contributed by atoms with Crippen molar-refractivity contribution in [3.8, 4) is 0 Å². The molecule has 0 saturated carbocycles. The van der Waals surface area contributed by atoms with Crippen molar-refractivity contribution in [3.63, 3.8) is 0 Å². The van der Waals surface area contributed by atoms with Gasteiger partial charge in [0.25, 0.3) is 0 Å². The fourth-order valence-electron chi connectivity index (χ4n) is 2.14. The zero-order valence-electron chi connectivity index (χ0n) is 12.0. The molecule has 2 nitrogen and oxygen atoms in total. The minimum absolute atomic E-state index is 0.812. The van der Waals surface area contributed by atoms with E-state index < -0.39 is 0 Å². The molecule has 0 atom stereocenters. The van der Waals surface area contributed by atoms with Crippen LogP contribution >= 0.6 is 15.9 Å². The predicted octanol–water partition coefficient (Wildman–Crippen LogP) is 5.28. The molecule has 0 saturated heterocycles. The van der Waals surface area contributed by atoms with Crippen molar-refractivity contribution in [3.05, 3.63) is 88.3 Å². The second-order valence-corrected chi connectivity index (χ2v) is 5.74. The lowest BCUT2D eigenvalue weighted by Gasteiger charge is -2.02. The number of rotatable bonds is 3.